The van der Waals surface area contributed by atoms with Gasteiger partial charge in [-0.1, -0.05) is 139 Å². The monoisotopic (exact) mass is 484 g/mol. The fraction of sp³-hybridized carbons (Fsp3) is 0.0303. The second kappa shape index (κ2) is 9.41. The van der Waals surface area contributed by atoms with Crippen LogP contribution < -0.4 is 10.2 Å². The highest BCUT2D eigenvalue weighted by Crippen LogP contribution is 2.51. The third-order valence-electron chi connectivity index (χ3n) is 6.68. The maximum absolute atomic E-state index is 7.00. The standard InChI is InChI=1S/C33H25ClN2/c34-30-24-14-13-23-29(30)33(27-19-9-3-10-20-27)35-31(25-15-5-1-6-16-25)32(26-17-7-2-8-18-26)36(33)28-21-11-4-12-22-28/h1-24,35H. The molecule has 0 aromatic heterocycles. The van der Waals surface area contributed by atoms with Crippen molar-refractivity contribution in [3.8, 4) is 0 Å². The van der Waals surface area contributed by atoms with Crippen molar-refractivity contribution in [3.63, 3.8) is 0 Å². The van der Waals surface area contributed by atoms with Gasteiger partial charge in [-0.05, 0) is 23.8 Å². The summed E-state index contributed by atoms with van der Waals surface area (Å²) < 4.78 is 0. The van der Waals surface area contributed by atoms with Gasteiger partial charge in [-0.3, -0.25) is 0 Å². The maximum Gasteiger partial charge on any atom is 0.169 e. The Morgan fingerprint density at radius 3 is 1.64 bits per heavy atom. The zero-order valence-corrected chi connectivity index (χ0v) is 20.4. The topological polar surface area (TPSA) is 15.3 Å². The quantitative estimate of drug-likeness (QED) is 0.270. The normalized spacial score (nSPS) is 17.2. The molecule has 0 saturated carbocycles. The Hall–Kier alpha value is -4.27. The van der Waals surface area contributed by atoms with Gasteiger partial charge in [0, 0.05) is 27.4 Å². The van der Waals surface area contributed by atoms with Gasteiger partial charge in [0.15, 0.2) is 5.66 Å². The van der Waals surface area contributed by atoms with E-state index >= 15 is 0 Å². The van der Waals surface area contributed by atoms with E-state index in [1.807, 2.05) is 12.1 Å². The number of nitrogens with zero attached hydrogens (tertiary/aromatic N) is 1. The molecule has 2 nitrogen and oxygen atoms in total. The first-order valence-corrected chi connectivity index (χ1v) is 12.5. The average Bonchev–Trinajstić information content (AvgIpc) is 3.32. The van der Waals surface area contributed by atoms with Crippen molar-refractivity contribution in [1.82, 2.24) is 5.32 Å². The molecule has 1 aliphatic rings. The molecule has 3 heteroatoms. The Bertz CT molecular complexity index is 1500. The molecule has 5 aromatic carbocycles. The molecule has 5 aromatic rings. The molecule has 0 fully saturated rings. The highest BCUT2D eigenvalue weighted by molar-refractivity contribution is 6.31. The second-order valence-corrected chi connectivity index (χ2v) is 9.22. The third kappa shape index (κ3) is 3.67. The van der Waals surface area contributed by atoms with E-state index in [1.54, 1.807) is 0 Å². The molecule has 0 spiro atoms. The molecule has 6 rings (SSSR count). The molecule has 0 saturated heterocycles. The van der Waals surface area contributed by atoms with Gasteiger partial charge in [0.1, 0.15) is 0 Å². The lowest BCUT2D eigenvalue weighted by molar-refractivity contribution is 0.502. The largest absolute Gasteiger partial charge is 0.353 e. The summed E-state index contributed by atoms with van der Waals surface area (Å²) in [6, 6.07) is 50.3. The number of rotatable bonds is 5. The van der Waals surface area contributed by atoms with Gasteiger partial charge in [-0.2, -0.15) is 0 Å². The van der Waals surface area contributed by atoms with Crippen LogP contribution in [0.5, 0.6) is 0 Å². The summed E-state index contributed by atoms with van der Waals surface area (Å²) in [4.78, 5) is 2.40. The van der Waals surface area contributed by atoms with Crippen LogP contribution in [0.15, 0.2) is 146 Å². The van der Waals surface area contributed by atoms with E-state index in [9.17, 15) is 0 Å². The molecule has 36 heavy (non-hydrogen) atoms. The van der Waals surface area contributed by atoms with Crippen LogP contribution in [-0.2, 0) is 5.66 Å². The van der Waals surface area contributed by atoms with Crippen LogP contribution in [0.4, 0.5) is 5.69 Å². The maximum atomic E-state index is 7.00. The zero-order valence-electron chi connectivity index (χ0n) is 19.7. The zero-order chi connectivity index (χ0) is 24.4. The molecule has 1 unspecified atom stereocenters. The van der Waals surface area contributed by atoms with E-state index in [1.165, 1.54) is 0 Å². The minimum Gasteiger partial charge on any atom is -0.353 e. The van der Waals surface area contributed by atoms with Crippen molar-refractivity contribution in [2.75, 3.05) is 4.90 Å². The molecular formula is C33H25ClN2. The van der Waals surface area contributed by atoms with E-state index in [2.05, 4.69) is 144 Å². The van der Waals surface area contributed by atoms with Crippen LogP contribution in [-0.4, -0.2) is 0 Å². The van der Waals surface area contributed by atoms with Crippen molar-refractivity contribution in [2.24, 2.45) is 0 Å². The molecule has 174 valence electrons. The van der Waals surface area contributed by atoms with E-state index in [0.29, 0.717) is 5.02 Å². The SMILES string of the molecule is Clc1ccccc1C1(c2ccccc2)NC(c2ccccc2)=C(c2ccccc2)N1c1ccccc1. The summed E-state index contributed by atoms with van der Waals surface area (Å²) in [6.07, 6.45) is 0. The first kappa shape index (κ1) is 22.2. The number of benzene rings is 5. The van der Waals surface area contributed by atoms with Gasteiger partial charge >= 0.3 is 0 Å². The highest BCUT2D eigenvalue weighted by Gasteiger charge is 2.50. The molecule has 0 bridgehead atoms. The van der Waals surface area contributed by atoms with Crippen molar-refractivity contribution in [2.45, 2.75) is 5.66 Å². The lowest BCUT2D eigenvalue weighted by atomic mass is 9.89. The van der Waals surface area contributed by atoms with Crippen molar-refractivity contribution >= 4 is 28.7 Å². The van der Waals surface area contributed by atoms with Gasteiger partial charge in [0.2, 0.25) is 0 Å². The summed E-state index contributed by atoms with van der Waals surface area (Å²) in [5.41, 5.74) is 6.75. The fourth-order valence-electron chi connectivity index (χ4n) is 5.14. The Balaban J connectivity index is 1.75. The molecule has 1 aliphatic heterocycles. The third-order valence-corrected chi connectivity index (χ3v) is 7.01. The van der Waals surface area contributed by atoms with Crippen LogP contribution in [0.3, 0.4) is 0 Å². The first-order chi connectivity index (χ1) is 17.8. The Labute approximate surface area is 217 Å². The van der Waals surface area contributed by atoms with E-state index in [-0.39, 0.29) is 0 Å². The van der Waals surface area contributed by atoms with E-state index in [4.69, 9.17) is 11.6 Å². The Morgan fingerprint density at radius 2 is 1.03 bits per heavy atom. The molecule has 1 N–H and O–H groups in total. The smallest absolute Gasteiger partial charge is 0.169 e. The van der Waals surface area contributed by atoms with Crippen molar-refractivity contribution < 1.29 is 0 Å². The predicted molar refractivity (Wildman–Crippen MR) is 150 cm³/mol. The molecule has 1 heterocycles. The van der Waals surface area contributed by atoms with Gasteiger partial charge in [-0.25, -0.2) is 0 Å². The molecule has 0 aliphatic carbocycles. The number of nitrogens with one attached hydrogen (secondary N) is 1. The summed E-state index contributed by atoms with van der Waals surface area (Å²) in [7, 11) is 0. The van der Waals surface area contributed by atoms with Gasteiger partial charge in [-0.15, -0.1) is 0 Å². The number of halogens is 1. The number of hydrogen-bond acceptors (Lipinski definition) is 2. The summed E-state index contributed by atoms with van der Waals surface area (Å²) in [6.45, 7) is 0. The highest BCUT2D eigenvalue weighted by atomic mass is 35.5. The van der Waals surface area contributed by atoms with Crippen LogP contribution in [0.25, 0.3) is 11.4 Å². The molecule has 0 radical (unpaired) electrons. The lowest BCUT2D eigenvalue weighted by Gasteiger charge is -2.43. The summed E-state index contributed by atoms with van der Waals surface area (Å²) in [5, 5.41) is 4.72. The minimum absolute atomic E-state index is 0.705. The van der Waals surface area contributed by atoms with E-state index in [0.717, 1.165) is 39.3 Å². The average molecular weight is 485 g/mol. The summed E-state index contributed by atoms with van der Waals surface area (Å²) in [5.74, 6) is 0. The Morgan fingerprint density at radius 1 is 0.528 bits per heavy atom. The lowest BCUT2D eigenvalue weighted by Crippen LogP contribution is -2.51. The van der Waals surface area contributed by atoms with Gasteiger partial charge in [0.25, 0.3) is 0 Å². The van der Waals surface area contributed by atoms with Crippen LogP contribution in [0.1, 0.15) is 22.3 Å². The predicted octanol–water partition coefficient (Wildman–Crippen LogP) is 8.18. The van der Waals surface area contributed by atoms with Crippen molar-refractivity contribution in [3.05, 3.63) is 173 Å². The molecular weight excluding hydrogens is 460 g/mol. The van der Waals surface area contributed by atoms with Gasteiger partial charge in [0.05, 0.1) is 11.4 Å². The fourth-order valence-corrected chi connectivity index (χ4v) is 5.41. The van der Waals surface area contributed by atoms with Crippen LogP contribution in [0.2, 0.25) is 5.02 Å². The number of para-hydroxylation sites is 1. The molecule has 0 amide bonds. The van der Waals surface area contributed by atoms with Crippen LogP contribution >= 0.6 is 11.6 Å². The molecule has 1 atom stereocenters. The summed E-state index contributed by atoms with van der Waals surface area (Å²) >= 11 is 7.00. The van der Waals surface area contributed by atoms with E-state index < -0.39 is 5.66 Å². The second-order valence-electron chi connectivity index (χ2n) is 8.81. The minimum atomic E-state index is -0.780. The Kier molecular flexibility index (Phi) is 5.80. The van der Waals surface area contributed by atoms with Crippen molar-refractivity contribution in [1.29, 1.82) is 0 Å². The van der Waals surface area contributed by atoms with Gasteiger partial charge < -0.3 is 10.2 Å². The first-order valence-electron chi connectivity index (χ1n) is 12.1. The number of anilines is 1. The number of hydrogen-bond donors (Lipinski definition) is 1. The van der Waals surface area contributed by atoms with Crippen LogP contribution in [0, 0.1) is 0 Å².